The smallest absolute Gasteiger partial charge is 0.406 e. The van der Waals surface area contributed by atoms with Gasteiger partial charge in [-0.05, 0) is 36.7 Å². The molecule has 96 valence electrons. The second-order valence-electron chi connectivity index (χ2n) is 3.45. The minimum absolute atomic E-state index is 0.297. The second-order valence-corrected chi connectivity index (χ2v) is 4.37. The first-order valence-corrected chi connectivity index (χ1v) is 5.63. The highest BCUT2D eigenvalue weighted by Crippen LogP contribution is 2.29. The Balaban J connectivity index is 2.94. The topological polar surface area (TPSA) is 61.3 Å². The molecule has 1 atom stereocenters. The SMILES string of the molecule is NCC[C@H](N)c1cc(Br)cc(OC(F)(F)F)c1. The lowest BCUT2D eigenvalue weighted by atomic mass is 10.0. The van der Waals surface area contributed by atoms with E-state index < -0.39 is 12.4 Å². The van der Waals surface area contributed by atoms with E-state index in [0.29, 0.717) is 23.0 Å². The Labute approximate surface area is 105 Å². The van der Waals surface area contributed by atoms with Crippen molar-refractivity contribution in [2.75, 3.05) is 6.54 Å². The van der Waals surface area contributed by atoms with E-state index in [1.165, 1.54) is 12.1 Å². The average molecular weight is 313 g/mol. The van der Waals surface area contributed by atoms with Gasteiger partial charge in [-0.3, -0.25) is 0 Å². The van der Waals surface area contributed by atoms with Crippen LogP contribution in [0.2, 0.25) is 0 Å². The summed E-state index contributed by atoms with van der Waals surface area (Å²) >= 11 is 3.11. The van der Waals surface area contributed by atoms with Crippen molar-refractivity contribution in [3.8, 4) is 5.75 Å². The highest BCUT2D eigenvalue weighted by molar-refractivity contribution is 9.10. The largest absolute Gasteiger partial charge is 0.573 e. The van der Waals surface area contributed by atoms with Crippen molar-refractivity contribution in [1.29, 1.82) is 0 Å². The maximum absolute atomic E-state index is 12.1. The third-order valence-corrected chi connectivity index (χ3v) is 2.49. The molecule has 0 unspecified atom stereocenters. The van der Waals surface area contributed by atoms with E-state index >= 15 is 0 Å². The molecule has 0 fully saturated rings. The maximum Gasteiger partial charge on any atom is 0.573 e. The molecule has 0 radical (unpaired) electrons. The summed E-state index contributed by atoms with van der Waals surface area (Å²) in [5, 5.41) is 0. The van der Waals surface area contributed by atoms with Crippen molar-refractivity contribution >= 4 is 15.9 Å². The lowest BCUT2D eigenvalue weighted by Crippen LogP contribution is -2.18. The van der Waals surface area contributed by atoms with E-state index in [4.69, 9.17) is 11.5 Å². The molecule has 0 heterocycles. The predicted octanol–water partition coefficient (Wildman–Crippen LogP) is 2.70. The lowest BCUT2D eigenvalue weighted by molar-refractivity contribution is -0.274. The van der Waals surface area contributed by atoms with E-state index in [0.717, 1.165) is 0 Å². The minimum Gasteiger partial charge on any atom is -0.406 e. The van der Waals surface area contributed by atoms with Gasteiger partial charge in [0.25, 0.3) is 0 Å². The van der Waals surface area contributed by atoms with E-state index in [1.54, 1.807) is 6.07 Å². The van der Waals surface area contributed by atoms with Gasteiger partial charge in [0.2, 0.25) is 0 Å². The summed E-state index contributed by atoms with van der Waals surface area (Å²) < 4.78 is 40.5. The number of halogens is 4. The van der Waals surface area contributed by atoms with Gasteiger partial charge in [-0.1, -0.05) is 15.9 Å². The quantitative estimate of drug-likeness (QED) is 0.898. The van der Waals surface area contributed by atoms with Crippen LogP contribution in [0.1, 0.15) is 18.0 Å². The molecule has 0 bridgehead atoms. The number of nitrogens with two attached hydrogens (primary N) is 2. The zero-order valence-corrected chi connectivity index (χ0v) is 10.4. The molecular formula is C10H12BrF3N2O. The van der Waals surface area contributed by atoms with Crippen molar-refractivity contribution in [3.05, 3.63) is 28.2 Å². The fourth-order valence-electron chi connectivity index (χ4n) is 1.34. The third-order valence-electron chi connectivity index (χ3n) is 2.03. The maximum atomic E-state index is 12.1. The molecule has 17 heavy (non-hydrogen) atoms. The van der Waals surface area contributed by atoms with Crippen LogP contribution in [0.15, 0.2) is 22.7 Å². The summed E-state index contributed by atoms with van der Waals surface area (Å²) in [6, 6.07) is 3.72. The molecule has 3 nitrogen and oxygen atoms in total. The monoisotopic (exact) mass is 312 g/mol. The Morgan fingerprint density at radius 3 is 2.47 bits per heavy atom. The summed E-state index contributed by atoms with van der Waals surface area (Å²) in [6.45, 7) is 0.364. The van der Waals surface area contributed by atoms with Gasteiger partial charge in [-0.2, -0.15) is 0 Å². The third kappa shape index (κ3) is 4.93. The van der Waals surface area contributed by atoms with Gasteiger partial charge < -0.3 is 16.2 Å². The molecule has 4 N–H and O–H groups in total. The summed E-state index contributed by atoms with van der Waals surface area (Å²) in [7, 11) is 0. The average Bonchev–Trinajstić information content (AvgIpc) is 2.14. The van der Waals surface area contributed by atoms with Crippen LogP contribution in [0.5, 0.6) is 5.75 Å². The Morgan fingerprint density at radius 1 is 1.29 bits per heavy atom. The second kappa shape index (κ2) is 5.70. The molecule has 1 rings (SSSR count). The van der Waals surface area contributed by atoms with Gasteiger partial charge in [-0.25, -0.2) is 0 Å². The zero-order valence-electron chi connectivity index (χ0n) is 8.80. The van der Waals surface area contributed by atoms with Crippen molar-refractivity contribution < 1.29 is 17.9 Å². The van der Waals surface area contributed by atoms with Gasteiger partial charge >= 0.3 is 6.36 Å². The molecule has 0 aliphatic heterocycles. The number of hydrogen-bond acceptors (Lipinski definition) is 3. The normalized spacial score (nSPS) is 13.5. The van der Waals surface area contributed by atoms with Gasteiger partial charge in [0.05, 0.1) is 0 Å². The lowest BCUT2D eigenvalue weighted by Gasteiger charge is -2.14. The van der Waals surface area contributed by atoms with Crippen LogP contribution in [0.3, 0.4) is 0 Å². The van der Waals surface area contributed by atoms with E-state index in [1.807, 2.05) is 0 Å². The van der Waals surface area contributed by atoms with Crippen molar-refractivity contribution in [2.24, 2.45) is 11.5 Å². The van der Waals surface area contributed by atoms with Gasteiger partial charge in [0.15, 0.2) is 0 Å². The Bertz CT molecular complexity index is 384. The first-order chi connectivity index (χ1) is 7.81. The van der Waals surface area contributed by atoms with Crippen LogP contribution >= 0.6 is 15.9 Å². The molecule has 0 aliphatic carbocycles. The fourth-order valence-corrected chi connectivity index (χ4v) is 1.83. The molecule has 0 aromatic heterocycles. The standard InChI is InChI=1S/C10H12BrF3N2O/c11-7-3-6(9(16)1-2-15)4-8(5-7)17-10(12,13)14/h3-5,9H,1-2,15-16H2/t9-/m0/s1. The van der Waals surface area contributed by atoms with Gasteiger partial charge in [0.1, 0.15) is 5.75 Å². The van der Waals surface area contributed by atoms with Crippen LogP contribution in [-0.2, 0) is 0 Å². The van der Waals surface area contributed by atoms with Crippen molar-refractivity contribution in [1.82, 2.24) is 0 Å². The predicted molar refractivity (Wildman–Crippen MR) is 61.4 cm³/mol. The summed E-state index contributed by atoms with van der Waals surface area (Å²) in [5.74, 6) is -0.297. The molecule has 0 amide bonds. The summed E-state index contributed by atoms with van der Waals surface area (Å²) in [5.41, 5.74) is 11.7. The van der Waals surface area contributed by atoms with Crippen LogP contribution in [0, 0.1) is 0 Å². The van der Waals surface area contributed by atoms with Crippen molar-refractivity contribution in [2.45, 2.75) is 18.8 Å². The van der Waals surface area contributed by atoms with E-state index in [-0.39, 0.29) is 5.75 Å². The summed E-state index contributed by atoms with van der Waals surface area (Å²) in [6.07, 6.45) is -4.22. The highest BCUT2D eigenvalue weighted by Gasteiger charge is 2.31. The number of benzene rings is 1. The van der Waals surface area contributed by atoms with E-state index in [9.17, 15) is 13.2 Å². The fraction of sp³-hybridized carbons (Fsp3) is 0.400. The molecule has 1 aromatic carbocycles. The Hall–Kier alpha value is -0.790. The van der Waals surface area contributed by atoms with Gasteiger partial charge in [0, 0.05) is 10.5 Å². The van der Waals surface area contributed by atoms with Gasteiger partial charge in [-0.15, -0.1) is 13.2 Å². The Kier molecular flexibility index (Phi) is 4.79. The molecule has 1 aromatic rings. The minimum atomic E-state index is -4.71. The van der Waals surface area contributed by atoms with Crippen LogP contribution in [0.4, 0.5) is 13.2 Å². The van der Waals surface area contributed by atoms with Crippen molar-refractivity contribution in [3.63, 3.8) is 0 Å². The molecule has 0 saturated carbocycles. The molecule has 7 heteroatoms. The first kappa shape index (κ1) is 14.3. The number of ether oxygens (including phenoxy) is 1. The van der Waals surface area contributed by atoms with E-state index in [2.05, 4.69) is 20.7 Å². The summed E-state index contributed by atoms with van der Waals surface area (Å²) in [4.78, 5) is 0. The Morgan fingerprint density at radius 2 is 1.94 bits per heavy atom. The molecule has 0 aliphatic rings. The number of rotatable bonds is 4. The molecular weight excluding hydrogens is 301 g/mol. The highest BCUT2D eigenvalue weighted by atomic mass is 79.9. The number of alkyl halides is 3. The van der Waals surface area contributed by atoms with Crippen LogP contribution in [-0.4, -0.2) is 12.9 Å². The zero-order chi connectivity index (χ0) is 13.1. The molecule has 0 saturated heterocycles. The molecule has 0 spiro atoms. The number of hydrogen-bond donors (Lipinski definition) is 2. The first-order valence-electron chi connectivity index (χ1n) is 4.83. The van der Waals surface area contributed by atoms with Crippen LogP contribution < -0.4 is 16.2 Å². The van der Waals surface area contributed by atoms with Crippen LogP contribution in [0.25, 0.3) is 0 Å².